The Morgan fingerprint density at radius 1 is 1.14 bits per heavy atom. The van der Waals surface area contributed by atoms with E-state index in [0.29, 0.717) is 11.6 Å². The van der Waals surface area contributed by atoms with E-state index in [9.17, 15) is 9.18 Å². The molecule has 0 atom stereocenters. The highest BCUT2D eigenvalue weighted by molar-refractivity contribution is 6.02. The van der Waals surface area contributed by atoms with Crippen LogP contribution in [0.25, 0.3) is 0 Å². The second kappa shape index (κ2) is 5.87. The largest absolute Gasteiger partial charge is 0.350 e. The Morgan fingerprint density at radius 3 is 2.43 bits per heavy atom. The average Bonchev–Trinajstić information content (AvgIpc) is 2.40. The lowest BCUT2D eigenvalue weighted by molar-refractivity contribution is 0.102. The van der Waals surface area contributed by atoms with Crippen molar-refractivity contribution in [2.75, 3.05) is 10.6 Å². The second-order valence-corrected chi connectivity index (χ2v) is 5.60. The van der Waals surface area contributed by atoms with Gasteiger partial charge in [-0.3, -0.25) is 4.79 Å². The zero-order valence-electron chi connectivity index (χ0n) is 12.1. The van der Waals surface area contributed by atoms with E-state index in [2.05, 4.69) is 20.6 Å². The van der Waals surface area contributed by atoms with Crippen molar-refractivity contribution in [2.45, 2.75) is 26.3 Å². The standard InChI is InChI=1S/C15H17FN4O/c1-15(2,3)20-14-17-9-8-12(19-14)13(21)18-11-6-4-10(16)5-7-11/h4-9H,1-3H3,(H,18,21)(H,17,19,20). The van der Waals surface area contributed by atoms with Crippen LogP contribution in [-0.4, -0.2) is 21.4 Å². The minimum Gasteiger partial charge on any atom is -0.350 e. The Balaban J connectivity index is 2.12. The van der Waals surface area contributed by atoms with E-state index < -0.39 is 0 Å². The first-order valence-corrected chi connectivity index (χ1v) is 6.52. The molecule has 0 bridgehead atoms. The lowest BCUT2D eigenvalue weighted by Gasteiger charge is -2.20. The predicted octanol–water partition coefficient (Wildman–Crippen LogP) is 3.08. The van der Waals surface area contributed by atoms with Gasteiger partial charge >= 0.3 is 0 Å². The number of carbonyl (C=O) groups excluding carboxylic acids is 1. The quantitative estimate of drug-likeness (QED) is 0.911. The fourth-order valence-corrected chi connectivity index (χ4v) is 1.61. The third kappa shape index (κ3) is 4.52. The number of anilines is 2. The molecule has 5 nitrogen and oxygen atoms in total. The number of halogens is 1. The van der Waals surface area contributed by atoms with E-state index in [1.807, 2.05) is 20.8 Å². The van der Waals surface area contributed by atoms with Crippen molar-refractivity contribution in [3.05, 3.63) is 48.0 Å². The molecule has 110 valence electrons. The van der Waals surface area contributed by atoms with Crippen LogP contribution in [-0.2, 0) is 0 Å². The Kier molecular flexibility index (Phi) is 4.16. The summed E-state index contributed by atoms with van der Waals surface area (Å²) in [6.45, 7) is 5.92. The monoisotopic (exact) mass is 288 g/mol. The number of carbonyl (C=O) groups is 1. The summed E-state index contributed by atoms with van der Waals surface area (Å²) in [5, 5.41) is 5.75. The first kappa shape index (κ1) is 14.9. The number of aromatic nitrogens is 2. The van der Waals surface area contributed by atoms with Crippen molar-refractivity contribution >= 4 is 17.5 Å². The number of hydrogen-bond acceptors (Lipinski definition) is 4. The van der Waals surface area contributed by atoms with Gasteiger partial charge in [0.15, 0.2) is 0 Å². The lowest BCUT2D eigenvalue weighted by Crippen LogP contribution is -2.28. The number of nitrogens with one attached hydrogen (secondary N) is 2. The first-order valence-electron chi connectivity index (χ1n) is 6.52. The molecular weight excluding hydrogens is 271 g/mol. The topological polar surface area (TPSA) is 66.9 Å². The van der Waals surface area contributed by atoms with Gasteiger partial charge in [0.05, 0.1) is 0 Å². The van der Waals surface area contributed by atoms with Crippen LogP contribution in [0.2, 0.25) is 0 Å². The minimum atomic E-state index is -0.374. The SMILES string of the molecule is CC(C)(C)Nc1nccc(C(=O)Nc2ccc(F)cc2)n1. The van der Waals surface area contributed by atoms with Crippen LogP contribution in [0, 0.1) is 5.82 Å². The fourth-order valence-electron chi connectivity index (χ4n) is 1.61. The molecule has 1 heterocycles. The molecule has 1 aromatic heterocycles. The average molecular weight is 288 g/mol. The molecule has 0 fully saturated rings. The highest BCUT2D eigenvalue weighted by Crippen LogP contribution is 2.12. The summed E-state index contributed by atoms with van der Waals surface area (Å²) in [6.07, 6.45) is 1.51. The summed E-state index contributed by atoms with van der Waals surface area (Å²) in [5.41, 5.74) is 0.540. The van der Waals surface area contributed by atoms with E-state index in [1.54, 1.807) is 0 Å². The molecule has 0 aliphatic heterocycles. The van der Waals surface area contributed by atoms with Gasteiger partial charge in [0, 0.05) is 17.4 Å². The molecule has 2 aromatic rings. The second-order valence-electron chi connectivity index (χ2n) is 5.60. The molecule has 0 aliphatic rings. The molecule has 2 rings (SSSR count). The summed E-state index contributed by atoms with van der Waals surface area (Å²) in [4.78, 5) is 20.3. The molecular formula is C15H17FN4O. The van der Waals surface area contributed by atoms with E-state index in [-0.39, 0.29) is 23.0 Å². The van der Waals surface area contributed by atoms with E-state index in [4.69, 9.17) is 0 Å². The Hall–Kier alpha value is -2.50. The molecule has 0 radical (unpaired) electrons. The maximum atomic E-state index is 12.8. The highest BCUT2D eigenvalue weighted by Gasteiger charge is 2.14. The molecule has 2 N–H and O–H groups in total. The molecule has 1 aromatic carbocycles. The van der Waals surface area contributed by atoms with Crippen molar-refractivity contribution < 1.29 is 9.18 Å². The molecule has 6 heteroatoms. The Morgan fingerprint density at radius 2 is 1.81 bits per heavy atom. The highest BCUT2D eigenvalue weighted by atomic mass is 19.1. The smallest absolute Gasteiger partial charge is 0.274 e. The summed E-state index contributed by atoms with van der Waals surface area (Å²) >= 11 is 0. The Labute approximate surface area is 122 Å². The van der Waals surface area contributed by atoms with Gasteiger partial charge in [-0.05, 0) is 51.1 Å². The third-order valence-electron chi connectivity index (χ3n) is 2.48. The van der Waals surface area contributed by atoms with Gasteiger partial charge in [-0.2, -0.15) is 0 Å². The fraction of sp³-hybridized carbons (Fsp3) is 0.267. The molecule has 0 aliphatic carbocycles. The number of hydrogen-bond donors (Lipinski definition) is 2. The Bertz CT molecular complexity index is 635. The number of nitrogens with zero attached hydrogens (tertiary/aromatic N) is 2. The van der Waals surface area contributed by atoms with Gasteiger partial charge in [-0.25, -0.2) is 14.4 Å². The number of benzene rings is 1. The van der Waals surface area contributed by atoms with Crippen LogP contribution in [0.1, 0.15) is 31.3 Å². The molecule has 0 spiro atoms. The molecule has 0 saturated heterocycles. The first-order chi connectivity index (χ1) is 9.83. The van der Waals surface area contributed by atoms with Gasteiger partial charge in [-0.1, -0.05) is 0 Å². The third-order valence-corrected chi connectivity index (χ3v) is 2.48. The summed E-state index contributed by atoms with van der Waals surface area (Å²) in [5.74, 6) is -0.345. The van der Waals surface area contributed by atoms with Crippen LogP contribution in [0.15, 0.2) is 36.5 Å². The van der Waals surface area contributed by atoms with Gasteiger partial charge in [0.1, 0.15) is 11.5 Å². The zero-order chi connectivity index (χ0) is 15.5. The van der Waals surface area contributed by atoms with E-state index >= 15 is 0 Å². The lowest BCUT2D eigenvalue weighted by atomic mass is 10.1. The summed E-state index contributed by atoms with van der Waals surface area (Å²) in [7, 11) is 0. The van der Waals surface area contributed by atoms with Crippen LogP contribution in [0.3, 0.4) is 0 Å². The van der Waals surface area contributed by atoms with Crippen molar-refractivity contribution in [2.24, 2.45) is 0 Å². The maximum absolute atomic E-state index is 12.8. The van der Waals surface area contributed by atoms with Gasteiger partial charge < -0.3 is 10.6 Å². The molecule has 21 heavy (non-hydrogen) atoms. The van der Waals surface area contributed by atoms with Gasteiger partial charge in [0.2, 0.25) is 5.95 Å². The summed E-state index contributed by atoms with van der Waals surface area (Å²) < 4.78 is 12.8. The van der Waals surface area contributed by atoms with Crippen molar-refractivity contribution in [1.82, 2.24) is 9.97 Å². The number of amides is 1. The van der Waals surface area contributed by atoms with Gasteiger partial charge in [0.25, 0.3) is 5.91 Å². The summed E-state index contributed by atoms with van der Waals surface area (Å²) in [6, 6.07) is 7.06. The van der Waals surface area contributed by atoms with E-state index in [1.165, 1.54) is 36.5 Å². The number of rotatable bonds is 3. The van der Waals surface area contributed by atoms with Crippen LogP contribution in [0.5, 0.6) is 0 Å². The molecule has 0 saturated carbocycles. The zero-order valence-corrected chi connectivity index (χ0v) is 12.1. The van der Waals surface area contributed by atoms with Gasteiger partial charge in [-0.15, -0.1) is 0 Å². The van der Waals surface area contributed by atoms with Crippen LogP contribution < -0.4 is 10.6 Å². The van der Waals surface area contributed by atoms with Crippen LogP contribution >= 0.6 is 0 Å². The normalized spacial score (nSPS) is 11.0. The van der Waals surface area contributed by atoms with Crippen molar-refractivity contribution in [3.63, 3.8) is 0 Å². The van der Waals surface area contributed by atoms with Crippen molar-refractivity contribution in [1.29, 1.82) is 0 Å². The van der Waals surface area contributed by atoms with Crippen molar-refractivity contribution in [3.8, 4) is 0 Å². The van der Waals surface area contributed by atoms with E-state index in [0.717, 1.165) is 0 Å². The van der Waals surface area contributed by atoms with Crippen LogP contribution in [0.4, 0.5) is 16.0 Å². The molecule has 1 amide bonds. The predicted molar refractivity (Wildman–Crippen MR) is 79.8 cm³/mol. The molecule has 0 unspecified atom stereocenters. The maximum Gasteiger partial charge on any atom is 0.274 e. The minimum absolute atomic E-state index is 0.202.